The maximum Gasteiger partial charge on any atom is 0.269 e. The zero-order valence-electron chi connectivity index (χ0n) is 9.01. The van der Waals surface area contributed by atoms with E-state index in [1.807, 2.05) is 0 Å². The molecule has 0 atom stereocenters. The molecule has 0 aliphatic rings. The Bertz CT molecular complexity index is 572. The molecule has 0 radical (unpaired) electrons. The van der Waals surface area contributed by atoms with Gasteiger partial charge in [0, 0.05) is 23.4 Å². The molecule has 2 rings (SSSR count). The summed E-state index contributed by atoms with van der Waals surface area (Å²) in [6.45, 7) is 1.79. The minimum Gasteiger partial charge on any atom is -0.287 e. The summed E-state index contributed by atoms with van der Waals surface area (Å²) in [6, 6.07) is 7.07. The maximum atomic E-state index is 11.9. The van der Waals surface area contributed by atoms with Crippen LogP contribution < -0.4 is 0 Å². The molecule has 1 heterocycles. The molecule has 17 heavy (non-hydrogen) atoms. The summed E-state index contributed by atoms with van der Waals surface area (Å²) in [5.41, 5.74) is 1.42. The van der Waals surface area contributed by atoms with E-state index in [4.69, 9.17) is 0 Å². The van der Waals surface area contributed by atoms with Crippen LogP contribution in [0.15, 0.2) is 30.3 Å². The first-order chi connectivity index (χ1) is 8.08. The van der Waals surface area contributed by atoms with E-state index < -0.39 is 4.92 Å². The van der Waals surface area contributed by atoms with Gasteiger partial charge in [0.05, 0.1) is 4.92 Å². The number of nitro groups is 1. The highest BCUT2D eigenvalue weighted by molar-refractivity contribution is 6.07. The molecular formula is C11H9N3O3. The Labute approximate surface area is 96.4 Å². The van der Waals surface area contributed by atoms with E-state index in [1.165, 1.54) is 24.3 Å². The van der Waals surface area contributed by atoms with Gasteiger partial charge in [-0.15, -0.1) is 0 Å². The SMILES string of the molecule is Cc1cc(C(=O)c2ccc([N+](=O)[O-])cc2)n[nH]1. The van der Waals surface area contributed by atoms with Crippen LogP contribution in [0.4, 0.5) is 5.69 Å². The molecule has 1 aromatic heterocycles. The van der Waals surface area contributed by atoms with Crippen molar-refractivity contribution in [3.63, 3.8) is 0 Å². The number of nitrogens with zero attached hydrogens (tertiary/aromatic N) is 2. The lowest BCUT2D eigenvalue weighted by atomic mass is 10.1. The van der Waals surface area contributed by atoms with Gasteiger partial charge in [0.1, 0.15) is 5.69 Å². The van der Waals surface area contributed by atoms with Gasteiger partial charge in [0.2, 0.25) is 5.78 Å². The highest BCUT2D eigenvalue weighted by Crippen LogP contribution is 2.14. The lowest BCUT2D eigenvalue weighted by Gasteiger charge is -1.96. The third-order valence-corrected chi connectivity index (χ3v) is 2.28. The molecule has 6 heteroatoms. The summed E-state index contributed by atoms with van der Waals surface area (Å²) >= 11 is 0. The van der Waals surface area contributed by atoms with Gasteiger partial charge in [-0.3, -0.25) is 20.0 Å². The smallest absolute Gasteiger partial charge is 0.269 e. The molecule has 0 amide bonds. The molecule has 0 bridgehead atoms. The summed E-state index contributed by atoms with van der Waals surface area (Å²) in [6.07, 6.45) is 0. The van der Waals surface area contributed by atoms with E-state index in [2.05, 4.69) is 10.2 Å². The average molecular weight is 231 g/mol. The molecule has 1 N–H and O–H groups in total. The minimum atomic E-state index is -0.507. The number of nitrogens with one attached hydrogen (secondary N) is 1. The molecule has 6 nitrogen and oxygen atoms in total. The molecule has 2 aromatic rings. The van der Waals surface area contributed by atoms with Gasteiger partial charge >= 0.3 is 0 Å². The Balaban J connectivity index is 2.29. The molecule has 0 aliphatic carbocycles. The number of rotatable bonds is 3. The normalized spacial score (nSPS) is 10.2. The summed E-state index contributed by atoms with van der Waals surface area (Å²) in [4.78, 5) is 21.8. The Morgan fingerprint density at radius 3 is 2.47 bits per heavy atom. The second-order valence-electron chi connectivity index (χ2n) is 3.57. The molecule has 0 spiro atoms. The van der Waals surface area contributed by atoms with Crippen LogP contribution in [0.3, 0.4) is 0 Å². The number of carbonyl (C=O) groups excluding carboxylic acids is 1. The van der Waals surface area contributed by atoms with Crippen LogP contribution in [-0.2, 0) is 0 Å². The van der Waals surface area contributed by atoms with Crippen LogP contribution in [0.5, 0.6) is 0 Å². The van der Waals surface area contributed by atoms with Crippen molar-refractivity contribution in [3.8, 4) is 0 Å². The number of non-ortho nitro benzene ring substituents is 1. The monoisotopic (exact) mass is 231 g/mol. The number of ketones is 1. The summed E-state index contributed by atoms with van der Waals surface area (Å²) in [7, 11) is 0. The number of aryl methyl sites for hydroxylation is 1. The number of benzene rings is 1. The topological polar surface area (TPSA) is 88.9 Å². The highest BCUT2D eigenvalue weighted by Gasteiger charge is 2.13. The van der Waals surface area contributed by atoms with Crippen LogP contribution >= 0.6 is 0 Å². The second kappa shape index (κ2) is 4.17. The first kappa shape index (κ1) is 11.0. The van der Waals surface area contributed by atoms with E-state index in [0.29, 0.717) is 11.3 Å². The Hall–Kier alpha value is -2.50. The number of H-pyrrole nitrogens is 1. The van der Waals surface area contributed by atoms with Crippen molar-refractivity contribution in [1.82, 2.24) is 10.2 Å². The first-order valence-electron chi connectivity index (χ1n) is 4.89. The summed E-state index contributed by atoms with van der Waals surface area (Å²) in [5, 5.41) is 17.0. The minimum absolute atomic E-state index is 0.0419. The number of carbonyl (C=O) groups is 1. The molecule has 0 saturated carbocycles. The lowest BCUT2D eigenvalue weighted by molar-refractivity contribution is -0.384. The van der Waals surface area contributed by atoms with Gasteiger partial charge in [-0.2, -0.15) is 5.10 Å². The quantitative estimate of drug-likeness (QED) is 0.496. The number of nitro benzene ring substituents is 1. The Kier molecular flexibility index (Phi) is 2.70. The molecule has 1 aromatic carbocycles. The van der Waals surface area contributed by atoms with Gasteiger partial charge in [-0.1, -0.05) is 0 Å². The molecule has 86 valence electrons. The second-order valence-corrected chi connectivity index (χ2v) is 3.57. The molecule has 0 saturated heterocycles. The van der Waals surface area contributed by atoms with E-state index in [1.54, 1.807) is 13.0 Å². The van der Waals surface area contributed by atoms with Gasteiger partial charge in [-0.25, -0.2) is 0 Å². The fourth-order valence-electron chi connectivity index (χ4n) is 1.42. The van der Waals surface area contributed by atoms with E-state index >= 15 is 0 Å². The number of hydrogen-bond donors (Lipinski definition) is 1. The van der Waals surface area contributed by atoms with Crippen LogP contribution in [0.1, 0.15) is 21.7 Å². The molecule has 0 fully saturated rings. The van der Waals surface area contributed by atoms with Gasteiger partial charge in [0.25, 0.3) is 5.69 Å². The highest BCUT2D eigenvalue weighted by atomic mass is 16.6. The van der Waals surface area contributed by atoms with Crippen molar-refractivity contribution < 1.29 is 9.72 Å². The fraction of sp³-hybridized carbons (Fsp3) is 0.0909. The summed E-state index contributed by atoms with van der Waals surface area (Å²) < 4.78 is 0. The standard InChI is InChI=1S/C11H9N3O3/c1-7-6-10(13-12-7)11(15)8-2-4-9(5-3-8)14(16)17/h2-6H,1H3,(H,12,13). The van der Waals surface area contributed by atoms with Gasteiger partial charge in [-0.05, 0) is 25.1 Å². The predicted molar refractivity (Wildman–Crippen MR) is 59.9 cm³/mol. The van der Waals surface area contributed by atoms with Crippen molar-refractivity contribution >= 4 is 11.5 Å². The third kappa shape index (κ3) is 2.20. The van der Waals surface area contributed by atoms with Crippen molar-refractivity contribution in [2.75, 3.05) is 0 Å². The van der Waals surface area contributed by atoms with Gasteiger partial charge < -0.3 is 0 Å². The maximum absolute atomic E-state index is 11.9. The largest absolute Gasteiger partial charge is 0.287 e. The van der Waals surface area contributed by atoms with E-state index in [9.17, 15) is 14.9 Å². The molecule has 0 aliphatic heterocycles. The van der Waals surface area contributed by atoms with Crippen molar-refractivity contribution in [1.29, 1.82) is 0 Å². The Morgan fingerprint density at radius 2 is 2.00 bits per heavy atom. The number of hydrogen-bond acceptors (Lipinski definition) is 4. The van der Waals surface area contributed by atoms with Crippen molar-refractivity contribution in [2.45, 2.75) is 6.92 Å². The van der Waals surface area contributed by atoms with Crippen LogP contribution in [0, 0.1) is 17.0 Å². The van der Waals surface area contributed by atoms with Crippen LogP contribution in [-0.4, -0.2) is 20.9 Å². The third-order valence-electron chi connectivity index (χ3n) is 2.28. The van der Waals surface area contributed by atoms with Gasteiger partial charge in [0.15, 0.2) is 0 Å². The number of aromatic nitrogens is 2. The summed E-state index contributed by atoms with van der Waals surface area (Å²) in [5.74, 6) is -0.260. The average Bonchev–Trinajstić information content (AvgIpc) is 2.75. The van der Waals surface area contributed by atoms with Crippen molar-refractivity contribution in [2.24, 2.45) is 0 Å². The van der Waals surface area contributed by atoms with E-state index in [0.717, 1.165) is 5.69 Å². The zero-order valence-corrected chi connectivity index (χ0v) is 9.01. The van der Waals surface area contributed by atoms with E-state index in [-0.39, 0.29) is 11.5 Å². The number of aromatic amines is 1. The first-order valence-corrected chi connectivity index (χ1v) is 4.89. The van der Waals surface area contributed by atoms with Crippen molar-refractivity contribution in [3.05, 3.63) is 57.4 Å². The van der Waals surface area contributed by atoms with Crippen LogP contribution in [0.25, 0.3) is 0 Å². The molecule has 0 unspecified atom stereocenters. The predicted octanol–water partition coefficient (Wildman–Crippen LogP) is 1.86. The Morgan fingerprint density at radius 1 is 1.35 bits per heavy atom. The fourth-order valence-corrected chi connectivity index (χ4v) is 1.42. The molecular weight excluding hydrogens is 222 g/mol. The zero-order chi connectivity index (χ0) is 12.4. The lowest BCUT2D eigenvalue weighted by Crippen LogP contribution is -2.01. The van der Waals surface area contributed by atoms with Crippen LogP contribution in [0.2, 0.25) is 0 Å².